The second-order valence-corrected chi connectivity index (χ2v) is 4.53. The summed E-state index contributed by atoms with van der Waals surface area (Å²) in [5.74, 6) is -0.851. The molecule has 0 saturated heterocycles. The van der Waals surface area contributed by atoms with Crippen molar-refractivity contribution in [3.8, 4) is 0 Å². The van der Waals surface area contributed by atoms with Crippen molar-refractivity contribution in [3.63, 3.8) is 0 Å². The molecule has 2 aromatic carbocycles. The number of hydrogen-bond donors (Lipinski definition) is 1. The van der Waals surface area contributed by atoms with Gasteiger partial charge in [-0.3, -0.25) is 4.79 Å². The van der Waals surface area contributed by atoms with Gasteiger partial charge >= 0.3 is 5.97 Å². The van der Waals surface area contributed by atoms with Gasteiger partial charge in [0.25, 0.3) is 0 Å². The van der Waals surface area contributed by atoms with Crippen molar-refractivity contribution in [2.24, 2.45) is 0 Å². The van der Waals surface area contributed by atoms with Gasteiger partial charge in [-0.1, -0.05) is 60.1 Å². The molecule has 0 bridgehead atoms. The van der Waals surface area contributed by atoms with Crippen LogP contribution in [0.5, 0.6) is 0 Å². The van der Waals surface area contributed by atoms with Gasteiger partial charge in [-0.05, 0) is 28.8 Å². The molecular formula is C16H13ClO2. The average molecular weight is 273 g/mol. The third-order valence-electron chi connectivity index (χ3n) is 2.70. The molecule has 19 heavy (non-hydrogen) atoms. The first-order valence-electron chi connectivity index (χ1n) is 5.90. The summed E-state index contributed by atoms with van der Waals surface area (Å²) in [7, 11) is 0. The molecule has 1 N–H and O–H groups in total. The van der Waals surface area contributed by atoms with Crippen LogP contribution >= 0.6 is 11.6 Å². The average Bonchev–Trinajstić information content (AvgIpc) is 2.40. The van der Waals surface area contributed by atoms with Gasteiger partial charge in [0.2, 0.25) is 0 Å². The third-order valence-corrected chi connectivity index (χ3v) is 2.94. The summed E-state index contributed by atoms with van der Waals surface area (Å²) in [5, 5.41) is 9.47. The van der Waals surface area contributed by atoms with Gasteiger partial charge in [-0.2, -0.15) is 0 Å². The van der Waals surface area contributed by atoms with Crippen molar-refractivity contribution in [1.82, 2.24) is 0 Å². The summed E-state index contributed by atoms with van der Waals surface area (Å²) in [6.07, 6.45) is 1.69. The van der Waals surface area contributed by atoms with Crippen LogP contribution in [-0.4, -0.2) is 11.1 Å². The molecule has 0 spiro atoms. The van der Waals surface area contributed by atoms with E-state index in [-0.39, 0.29) is 6.42 Å². The number of carboxylic acids is 1. The lowest BCUT2D eigenvalue weighted by molar-refractivity contribution is -0.135. The van der Waals surface area contributed by atoms with Crippen LogP contribution in [0, 0.1) is 0 Å². The zero-order valence-corrected chi connectivity index (χ0v) is 11.0. The van der Waals surface area contributed by atoms with Crippen LogP contribution in [0.3, 0.4) is 0 Å². The van der Waals surface area contributed by atoms with Crippen LogP contribution in [-0.2, 0) is 4.79 Å². The van der Waals surface area contributed by atoms with E-state index < -0.39 is 5.97 Å². The molecule has 96 valence electrons. The minimum atomic E-state index is -0.851. The molecule has 0 aliphatic rings. The highest BCUT2D eigenvalue weighted by Gasteiger charge is 2.06. The fraction of sp³-hybridized carbons (Fsp3) is 0.0625. The van der Waals surface area contributed by atoms with E-state index in [2.05, 4.69) is 0 Å². The fourth-order valence-corrected chi connectivity index (χ4v) is 2.06. The molecule has 0 atom stereocenters. The largest absolute Gasteiger partial charge is 0.481 e. The van der Waals surface area contributed by atoms with Crippen LogP contribution in [0.1, 0.15) is 17.5 Å². The molecular weight excluding hydrogens is 260 g/mol. The van der Waals surface area contributed by atoms with E-state index in [9.17, 15) is 4.79 Å². The second-order valence-electron chi connectivity index (χ2n) is 4.09. The number of halogens is 1. The summed E-state index contributed by atoms with van der Waals surface area (Å²) in [4.78, 5) is 10.8. The molecule has 3 heteroatoms. The van der Waals surface area contributed by atoms with Gasteiger partial charge in [0.15, 0.2) is 0 Å². The Morgan fingerprint density at radius 3 is 2.37 bits per heavy atom. The molecule has 0 aliphatic heterocycles. The van der Waals surface area contributed by atoms with E-state index in [0.717, 1.165) is 16.7 Å². The van der Waals surface area contributed by atoms with E-state index in [4.69, 9.17) is 16.7 Å². The fourth-order valence-electron chi connectivity index (χ4n) is 1.87. The van der Waals surface area contributed by atoms with E-state index in [1.54, 1.807) is 12.1 Å². The van der Waals surface area contributed by atoms with Gasteiger partial charge < -0.3 is 5.11 Å². The van der Waals surface area contributed by atoms with Crippen molar-refractivity contribution in [2.75, 3.05) is 0 Å². The van der Waals surface area contributed by atoms with Gasteiger partial charge in [-0.15, -0.1) is 0 Å². The quantitative estimate of drug-likeness (QED) is 0.903. The lowest BCUT2D eigenvalue weighted by Gasteiger charge is -2.08. The molecule has 0 unspecified atom stereocenters. The highest BCUT2D eigenvalue weighted by atomic mass is 35.5. The molecule has 0 aliphatic carbocycles. The Morgan fingerprint density at radius 1 is 1.05 bits per heavy atom. The summed E-state index contributed by atoms with van der Waals surface area (Å²) in [5.41, 5.74) is 2.77. The molecule has 2 aromatic rings. The lowest BCUT2D eigenvalue weighted by atomic mass is 9.97. The maximum absolute atomic E-state index is 10.8. The second kappa shape index (κ2) is 6.21. The van der Waals surface area contributed by atoms with Crippen LogP contribution in [0.25, 0.3) is 5.57 Å². The zero-order valence-electron chi connectivity index (χ0n) is 10.2. The maximum atomic E-state index is 10.8. The minimum Gasteiger partial charge on any atom is -0.481 e. The van der Waals surface area contributed by atoms with Crippen molar-refractivity contribution in [3.05, 3.63) is 76.8 Å². The van der Waals surface area contributed by atoms with E-state index in [0.29, 0.717) is 5.02 Å². The number of rotatable bonds is 4. The molecule has 0 amide bonds. The predicted molar refractivity (Wildman–Crippen MR) is 77.2 cm³/mol. The monoisotopic (exact) mass is 272 g/mol. The molecule has 0 radical (unpaired) electrons. The maximum Gasteiger partial charge on any atom is 0.307 e. The Bertz CT molecular complexity index is 603. The molecule has 0 aromatic heterocycles. The number of carboxylic acid groups (broad SMARTS) is 1. The van der Waals surface area contributed by atoms with Crippen LogP contribution in [0.15, 0.2) is 60.7 Å². The Kier molecular flexibility index (Phi) is 4.37. The van der Waals surface area contributed by atoms with Crippen molar-refractivity contribution in [1.29, 1.82) is 0 Å². The summed E-state index contributed by atoms with van der Waals surface area (Å²) in [6, 6.07) is 17.1. The standard InChI is InChI=1S/C16H13ClO2/c17-14-8-4-7-13(11-14)15(9-10-16(18)19)12-5-2-1-3-6-12/h1-9,11H,10H2,(H,18,19)/b15-9+. The smallest absolute Gasteiger partial charge is 0.307 e. The lowest BCUT2D eigenvalue weighted by Crippen LogP contribution is -1.94. The molecule has 2 nitrogen and oxygen atoms in total. The SMILES string of the molecule is O=C(O)C/C=C(\c1ccccc1)c1cccc(Cl)c1. The highest BCUT2D eigenvalue weighted by Crippen LogP contribution is 2.25. The molecule has 0 heterocycles. The van der Waals surface area contributed by atoms with Gasteiger partial charge in [0, 0.05) is 5.02 Å². The topological polar surface area (TPSA) is 37.3 Å². The minimum absolute atomic E-state index is 0.0171. The van der Waals surface area contributed by atoms with E-state index in [1.165, 1.54) is 0 Å². The predicted octanol–water partition coefficient (Wildman–Crippen LogP) is 4.25. The summed E-state index contributed by atoms with van der Waals surface area (Å²) in [6.45, 7) is 0. The normalized spacial score (nSPS) is 11.3. The van der Waals surface area contributed by atoms with Crippen LogP contribution in [0.2, 0.25) is 5.02 Å². The molecule has 2 rings (SSSR count). The number of carbonyl (C=O) groups is 1. The van der Waals surface area contributed by atoms with E-state index in [1.807, 2.05) is 48.5 Å². The number of benzene rings is 2. The first-order valence-corrected chi connectivity index (χ1v) is 6.28. The first-order chi connectivity index (χ1) is 9.16. The highest BCUT2D eigenvalue weighted by molar-refractivity contribution is 6.30. The van der Waals surface area contributed by atoms with E-state index >= 15 is 0 Å². The Morgan fingerprint density at radius 2 is 1.74 bits per heavy atom. The van der Waals surface area contributed by atoms with Gasteiger partial charge in [0.05, 0.1) is 6.42 Å². The van der Waals surface area contributed by atoms with Crippen molar-refractivity contribution < 1.29 is 9.90 Å². The zero-order chi connectivity index (χ0) is 13.7. The Balaban J connectivity index is 2.46. The van der Waals surface area contributed by atoms with Crippen LogP contribution < -0.4 is 0 Å². The van der Waals surface area contributed by atoms with Gasteiger partial charge in [0.1, 0.15) is 0 Å². The first kappa shape index (κ1) is 13.4. The van der Waals surface area contributed by atoms with Crippen molar-refractivity contribution in [2.45, 2.75) is 6.42 Å². The Hall–Kier alpha value is -2.06. The number of aliphatic carboxylic acids is 1. The summed E-state index contributed by atoms with van der Waals surface area (Å²) < 4.78 is 0. The third kappa shape index (κ3) is 3.70. The molecule has 0 saturated carbocycles. The Labute approximate surface area is 117 Å². The van der Waals surface area contributed by atoms with Crippen LogP contribution in [0.4, 0.5) is 0 Å². The summed E-state index contributed by atoms with van der Waals surface area (Å²) >= 11 is 6.00. The number of hydrogen-bond acceptors (Lipinski definition) is 1. The molecule has 0 fully saturated rings. The van der Waals surface area contributed by atoms with Gasteiger partial charge in [-0.25, -0.2) is 0 Å². The van der Waals surface area contributed by atoms with Crippen molar-refractivity contribution >= 4 is 23.1 Å².